The van der Waals surface area contributed by atoms with Gasteiger partial charge in [0.25, 0.3) is 15.9 Å². The molecule has 0 atom stereocenters. The molecular formula is C14H15ClN6O5S. The van der Waals surface area contributed by atoms with Gasteiger partial charge in [-0.1, -0.05) is 11.6 Å². The summed E-state index contributed by atoms with van der Waals surface area (Å²) in [6.07, 6.45) is 1.35. The Labute approximate surface area is 159 Å². The minimum Gasteiger partial charge on any atom is -0.481 e. The fourth-order valence-electron chi connectivity index (χ4n) is 2.06. The van der Waals surface area contributed by atoms with Crippen LogP contribution in [0.1, 0.15) is 5.56 Å². The predicted octanol–water partition coefficient (Wildman–Crippen LogP) is 0.590. The first-order chi connectivity index (χ1) is 13.0. The number of rotatable bonds is 7. The number of anilines is 1. The number of nitrogens with zero attached hydrogens (tertiary/aromatic N) is 4. The van der Waals surface area contributed by atoms with Crippen molar-refractivity contribution < 1.29 is 22.7 Å². The lowest BCUT2D eigenvalue weighted by molar-refractivity contribution is 0.0653. The van der Waals surface area contributed by atoms with E-state index >= 15 is 0 Å². The summed E-state index contributed by atoms with van der Waals surface area (Å²) < 4.78 is 37.9. The fourth-order valence-corrected chi connectivity index (χ4v) is 3.28. The molecule has 0 aromatic carbocycles. The molecule has 0 unspecified atom stereocenters. The molecular weight excluding hydrogens is 400 g/mol. The van der Waals surface area contributed by atoms with Crippen molar-refractivity contribution in [2.75, 3.05) is 32.3 Å². The van der Waals surface area contributed by atoms with Gasteiger partial charge in [-0.2, -0.15) is 9.71 Å². The lowest BCUT2D eigenvalue weighted by Gasteiger charge is -2.16. The van der Waals surface area contributed by atoms with Crippen LogP contribution in [0.4, 0.5) is 5.95 Å². The highest BCUT2D eigenvalue weighted by Crippen LogP contribution is 2.17. The van der Waals surface area contributed by atoms with Gasteiger partial charge in [0, 0.05) is 12.3 Å². The number of nitrogens with one attached hydrogen (secondary N) is 2. The van der Waals surface area contributed by atoms with Crippen LogP contribution in [-0.4, -0.2) is 56.3 Å². The van der Waals surface area contributed by atoms with Gasteiger partial charge in [0.05, 0.1) is 19.3 Å². The van der Waals surface area contributed by atoms with E-state index in [4.69, 9.17) is 25.9 Å². The maximum absolute atomic E-state index is 12.6. The summed E-state index contributed by atoms with van der Waals surface area (Å²) in [4.78, 5) is 16.8. The highest BCUT2D eigenvalue weighted by Gasteiger charge is 2.25. The molecule has 0 amide bonds. The van der Waals surface area contributed by atoms with E-state index in [9.17, 15) is 8.42 Å². The zero-order valence-electron chi connectivity index (χ0n) is 14.0. The van der Waals surface area contributed by atoms with Crippen LogP contribution >= 0.6 is 11.6 Å². The Bertz CT molecular complexity index is 955. The number of halogens is 1. The number of methoxy groups -OCH3 is 1. The third-order valence-corrected chi connectivity index (χ3v) is 4.76. The number of pyridine rings is 1. The van der Waals surface area contributed by atoms with E-state index in [1.54, 1.807) is 6.07 Å². The predicted molar refractivity (Wildman–Crippen MR) is 95.1 cm³/mol. The van der Waals surface area contributed by atoms with Crippen LogP contribution in [-0.2, 0) is 19.6 Å². The Balaban J connectivity index is 1.74. The third kappa shape index (κ3) is 4.72. The van der Waals surface area contributed by atoms with Gasteiger partial charge >= 0.3 is 0 Å². The Morgan fingerprint density at radius 2 is 2.19 bits per heavy atom. The van der Waals surface area contributed by atoms with E-state index in [1.807, 2.05) is 0 Å². The molecule has 11 nitrogen and oxygen atoms in total. The SMILES string of the molecule is COc1cc(Cl)nc(NCNS(=O)(=O)c2ncccc2C2=NOCCO2)n1. The van der Waals surface area contributed by atoms with E-state index in [-0.39, 0.29) is 53.4 Å². The van der Waals surface area contributed by atoms with Crippen LogP contribution in [0.3, 0.4) is 0 Å². The third-order valence-electron chi connectivity index (χ3n) is 3.21. The van der Waals surface area contributed by atoms with Gasteiger partial charge in [-0.15, -0.1) is 0 Å². The Kier molecular flexibility index (Phi) is 5.88. The van der Waals surface area contributed by atoms with Gasteiger partial charge in [-0.05, 0) is 17.3 Å². The second-order valence-corrected chi connectivity index (χ2v) is 7.06. The summed E-state index contributed by atoms with van der Waals surface area (Å²) in [7, 11) is -2.57. The molecule has 0 radical (unpaired) electrons. The lowest BCUT2D eigenvalue weighted by Crippen LogP contribution is -2.32. The monoisotopic (exact) mass is 414 g/mol. The maximum atomic E-state index is 12.6. The molecule has 0 saturated carbocycles. The van der Waals surface area contributed by atoms with Gasteiger partial charge in [-0.3, -0.25) is 0 Å². The fraction of sp³-hybridized carbons (Fsp3) is 0.286. The first kappa shape index (κ1) is 19.1. The number of oxime groups is 1. The first-order valence-electron chi connectivity index (χ1n) is 7.60. The molecule has 1 aliphatic heterocycles. The summed E-state index contributed by atoms with van der Waals surface area (Å²) >= 11 is 5.84. The van der Waals surface area contributed by atoms with E-state index in [2.05, 4.69) is 30.1 Å². The Hall–Kier alpha value is -2.70. The standard InChI is InChI=1S/C14H15ClN6O5S/c1-24-11-7-10(15)19-14(20-11)17-8-18-27(22,23)13-9(3-2-4-16-13)12-21-26-6-5-25-12/h2-4,7,18H,5-6,8H2,1H3,(H,17,19,20). The van der Waals surface area contributed by atoms with Crippen LogP contribution in [0.5, 0.6) is 5.88 Å². The van der Waals surface area contributed by atoms with Crippen molar-refractivity contribution in [2.45, 2.75) is 5.03 Å². The smallest absolute Gasteiger partial charge is 0.260 e. The number of hydrogen-bond acceptors (Lipinski definition) is 10. The molecule has 0 aliphatic carbocycles. The molecule has 0 saturated heterocycles. The summed E-state index contributed by atoms with van der Waals surface area (Å²) in [5, 5.41) is 6.32. The molecule has 0 spiro atoms. The molecule has 2 N–H and O–H groups in total. The number of aromatic nitrogens is 3. The molecule has 27 heavy (non-hydrogen) atoms. The van der Waals surface area contributed by atoms with Gasteiger partial charge in [-0.25, -0.2) is 18.4 Å². The average Bonchev–Trinajstić information content (AvgIpc) is 2.68. The molecule has 13 heteroatoms. The lowest BCUT2D eigenvalue weighted by atomic mass is 10.3. The number of sulfonamides is 1. The quantitative estimate of drug-likeness (QED) is 0.492. The molecule has 0 fully saturated rings. The van der Waals surface area contributed by atoms with Crippen molar-refractivity contribution in [1.29, 1.82) is 0 Å². The molecule has 144 valence electrons. The van der Waals surface area contributed by atoms with Gasteiger partial charge < -0.3 is 19.6 Å². The molecule has 0 bridgehead atoms. The van der Waals surface area contributed by atoms with Gasteiger partial charge in [0.15, 0.2) is 11.6 Å². The summed E-state index contributed by atoms with van der Waals surface area (Å²) in [5.41, 5.74) is 0.186. The Morgan fingerprint density at radius 3 is 2.93 bits per heavy atom. The molecule has 3 rings (SSSR count). The van der Waals surface area contributed by atoms with Crippen molar-refractivity contribution in [3.05, 3.63) is 35.1 Å². The summed E-state index contributed by atoms with van der Waals surface area (Å²) in [6.45, 7) is 0.332. The number of ether oxygens (including phenoxy) is 2. The summed E-state index contributed by atoms with van der Waals surface area (Å²) in [6, 6.07) is 4.51. The summed E-state index contributed by atoms with van der Waals surface area (Å²) in [5.74, 6) is 0.377. The second kappa shape index (κ2) is 8.33. The Morgan fingerprint density at radius 1 is 1.33 bits per heavy atom. The van der Waals surface area contributed by atoms with Crippen molar-refractivity contribution in [3.8, 4) is 5.88 Å². The zero-order chi connectivity index (χ0) is 19.3. The van der Waals surface area contributed by atoms with Gasteiger partial charge in [0.1, 0.15) is 11.8 Å². The normalized spacial score (nSPS) is 13.9. The molecule has 1 aliphatic rings. The largest absolute Gasteiger partial charge is 0.481 e. The van der Waals surface area contributed by atoms with Crippen LogP contribution in [0.15, 0.2) is 34.6 Å². The second-order valence-electron chi connectivity index (χ2n) is 4.99. The van der Waals surface area contributed by atoms with Crippen molar-refractivity contribution in [1.82, 2.24) is 19.7 Å². The van der Waals surface area contributed by atoms with Crippen LogP contribution in [0, 0.1) is 0 Å². The minimum absolute atomic E-state index is 0.0468. The highest BCUT2D eigenvalue weighted by molar-refractivity contribution is 7.89. The van der Waals surface area contributed by atoms with E-state index in [0.29, 0.717) is 0 Å². The van der Waals surface area contributed by atoms with Crippen molar-refractivity contribution >= 4 is 33.5 Å². The molecule has 2 aromatic rings. The van der Waals surface area contributed by atoms with Crippen LogP contribution in [0.2, 0.25) is 5.15 Å². The van der Waals surface area contributed by atoms with Crippen molar-refractivity contribution in [2.24, 2.45) is 5.16 Å². The highest BCUT2D eigenvalue weighted by atomic mass is 35.5. The van der Waals surface area contributed by atoms with Gasteiger partial charge in [0.2, 0.25) is 11.8 Å². The average molecular weight is 415 g/mol. The van der Waals surface area contributed by atoms with Crippen LogP contribution < -0.4 is 14.8 Å². The van der Waals surface area contributed by atoms with E-state index < -0.39 is 10.0 Å². The first-order valence-corrected chi connectivity index (χ1v) is 9.46. The van der Waals surface area contributed by atoms with E-state index in [0.717, 1.165) is 0 Å². The topological polar surface area (TPSA) is 137 Å². The molecule has 2 aromatic heterocycles. The van der Waals surface area contributed by atoms with Crippen molar-refractivity contribution in [3.63, 3.8) is 0 Å². The zero-order valence-corrected chi connectivity index (χ0v) is 15.6. The number of hydrogen-bond donors (Lipinski definition) is 2. The minimum atomic E-state index is -4.00. The maximum Gasteiger partial charge on any atom is 0.260 e. The van der Waals surface area contributed by atoms with E-state index in [1.165, 1.54) is 25.4 Å². The van der Waals surface area contributed by atoms with Crippen LogP contribution in [0.25, 0.3) is 0 Å². The molecule has 3 heterocycles.